The molecule has 5 nitrogen and oxygen atoms in total. The van der Waals surface area contributed by atoms with Crippen LogP contribution in [0, 0.1) is 17.5 Å². The molecule has 0 bridgehead atoms. The topological polar surface area (TPSA) is 66.9 Å². The molecule has 1 aromatic carbocycles. The molecule has 1 saturated carbocycles. The van der Waals surface area contributed by atoms with Crippen molar-refractivity contribution in [3.05, 3.63) is 47.5 Å². The van der Waals surface area contributed by atoms with Gasteiger partial charge in [-0.3, -0.25) is 4.79 Å². The average molecular weight is 364 g/mol. The maximum absolute atomic E-state index is 13.6. The number of carbonyl (C=O) groups is 1. The molecule has 26 heavy (non-hydrogen) atoms. The van der Waals surface area contributed by atoms with E-state index in [1.54, 1.807) is 0 Å². The van der Waals surface area contributed by atoms with Crippen molar-refractivity contribution >= 4 is 17.5 Å². The van der Waals surface area contributed by atoms with Gasteiger partial charge in [0.2, 0.25) is 5.95 Å². The first kappa shape index (κ1) is 18.2. The van der Waals surface area contributed by atoms with Crippen LogP contribution >= 0.6 is 0 Å². The SMILES string of the molecule is O=C(Nc1ccc(F)c(F)c1F)c1cnc(NC2CCCCCC2)nc1. The number of aromatic nitrogens is 2. The number of nitrogens with zero attached hydrogens (tertiary/aromatic N) is 2. The van der Waals surface area contributed by atoms with Crippen LogP contribution in [0.25, 0.3) is 0 Å². The lowest BCUT2D eigenvalue weighted by molar-refractivity contribution is 0.102. The van der Waals surface area contributed by atoms with E-state index < -0.39 is 29.0 Å². The van der Waals surface area contributed by atoms with Crippen LogP contribution < -0.4 is 10.6 Å². The molecule has 0 saturated heterocycles. The molecule has 138 valence electrons. The minimum atomic E-state index is -1.64. The van der Waals surface area contributed by atoms with Gasteiger partial charge in [-0.05, 0) is 25.0 Å². The van der Waals surface area contributed by atoms with Gasteiger partial charge >= 0.3 is 0 Å². The number of nitrogens with one attached hydrogen (secondary N) is 2. The molecule has 2 aromatic rings. The number of halogens is 3. The van der Waals surface area contributed by atoms with Crippen molar-refractivity contribution in [2.24, 2.45) is 0 Å². The van der Waals surface area contributed by atoms with E-state index in [4.69, 9.17) is 0 Å². The van der Waals surface area contributed by atoms with Crippen molar-refractivity contribution in [1.82, 2.24) is 9.97 Å². The third-order valence-corrected chi connectivity index (χ3v) is 4.39. The Hall–Kier alpha value is -2.64. The molecule has 1 amide bonds. The van der Waals surface area contributed by atoms with Crippen molar-refractivity contribution in [2.75, 3.05) is 10.6 Å². The van der Waals surface area contributed by atoms with Gasteiger partial charge in [-0.25, -0.2) is 23.1 Å². The molecule has 1 heterocycles. The van der Waals surface area contributed by atoms with Crippen molar-refractivity contribution in [2.45, 2.75) is 44.6 Å². The van der Waals surface area contributed by atoms with Crippen LogP contribution in [0.2, 0.25) is 0 Å². The van der Waals surface area contributed by atoms with Crippen LogP contribution in [-0.4, -0.2) is 21.9 Å². The number of amides is 1. The molecule has 1 aliphatic rings. The van der Waals surface area contributed by atoms with Gasteiger partial charge in [-0.15, -0.1) is 0 Å². The van der Waals surface area contributed by atoms with Gasteiger partial charge in [-0.2, -0.15) is 0 Å². The molecule has 3 rings (SSSR count). The first-order chi connectivity index (χ1) is 12.5. The first-order valence-electron chi connectivity index (χ1n) is 8.58. The molecule has 0 spiro atoms. The van der Waals surface area contributed by atoms with E-state index >= 15 is 0 Å². The summed E-state index contributed by atoms with van der Waals surface area (Å²) in [6, 6.07) is 2.01. The van der Waals surface area contributed by atoms with Crippen molar-refractivity contribution in [3.8, 4) is 0 Å². The summed E-state index contributed by atoms with van der Waals surface area (Å²) in [5.41, 5.74) is -0.366. The number of hydrogen-bond acceptors (Lipinski definition) is 4. The summed E-state index contributed by atoms with van der Waals surface area (Å²) in [5, 5.41) is 5.44. The zero-order chi connectivity index (χ0) is 18.5. The molecule has 0 radical (unpaired) electrons. The highest BCUT2D eigenvalue weighted by Gasteiger charge is 2.17. The maximum atomic E-state index is 13.6. The largest absolute Gasteiger partial charge is 0.351 e. The Kier molecular flexibility index (Phi) is 5.70. The zero-order valence-corrected chi connectivity index (χ0v) is 14.1. The molecule has 2 N–H and O–H groups in total. The first-order valence-corrected chi connectivity index (χ1v) is 8.58. The summed E-state index contributed by atoms with van der Waals surface area (Å²) >= 11 is 0. The lowest BCUT2D eigenvalue weighted by Crippen LogP contribution is -2.20. The van der Waals surface area contributed by atoms with Crippen LogP contribution in [0.15, 0.2) is 24.5 Å². The Morgan fingerprint density at radius 1 is 0.962 bits per heavy atom. The van der Waals surface area contributed by atoms with Crippen LogP contribution in [0.1, 0.15) is 48.9 Å². The van der Waals surface area contributed by atoms with E-state index in [9.17, 15) is 18.0 Å². The van der Waals surface area contributed by atoms with E-state index in [2.05, 4.69) is 20.6 Å². The van der Waals surface area contributed by atoms with Gasteiger partial charge in [0.05, 0.1) is 11.3 Å². The fraction of sp³-hybridized carbons (Fsp3) is 0.389. The highest BCUT2D eigenvalue weighted by molar-refractivity contribution is 6.03. The maximum Gasteiger partial charge on any atom is 0.258 e. The third-order valence-electron chi connectivity index (χ3n) is 4.39. The predicted molar refractivity (Wildman–Crippen MR) is 91.4 cm³/mol. The molecule has 1 aromatic heterocycles. The summed E-state index contributed by atoms with van der Waals surface area (Å²) in [6.45, 7) is 0. The highest BCUT2D eigenvalue weighted by atomic mass is 19.2. The molecular weight excluding hydrogens is 345 g/mol. The standard InChI is InChI=1S/C18H19F3N4O/c19-13-7-8-14(16(21)15(13)20)25-17(26)11-9-22-18(23-10-11)24-12-5-3-1-2-4-6-12/h7-10,12H,1-6H2,(H,25,26)(H,22,23,24). The number of carbonyl (C=O) groups excluding carboxylic acids is 1. The highest BCUT2D eigenvalue weighted by Crippen LogP contribution is 2.21. The summed E-state index contributed by atoms with van der Waals surface area (Å²) in [4.78, 5) is 20.3. The fourth-order valence-corrected chi connectivity index (χ4v) is 2.94. The second-order valence-electron chi connectivity index (χ2n) is 6.31. The second-order valence-corrected chi connectivity index (χ2v) is 6.31. The van der Waals surface area contributed by atoms with Crippen LogP contribution in [0.5, 0.6) is 0 Å². The van der Waals surface area contributed by atoms with Gasteiger partial charge in [0.1, 0.15) is 0 Å². The number of rotatable bonds is 4. The molecule has 1 aliphatic carbocycles. The van der Waals surface area contributed by atoms with Crippen LogP contribution in [-0.2, 0) is 0 Å². The summed E-state index contributed by atoms with van der Waals surface area (Å²) in [5.74, 6) is -4.70. The van der Waals surface area contributed by atoms with Crippen molar-refractivity contribution in [1.29, 1.82) is 0 Å². The Morgan fingerprint density at radius 2 is 1.62 bits per heavy atom. The number of hydrogen-bond donors (Lipinski definition) is 2. The van der Waals surface area contributed by atoms with E-state index in [0.717, 1.165) is 37.8 Å². The Balaban J connectivity index is 1.64. The van der Waals surface area contributed by atoms with E-state index in [1.165, 1.54) is 25.2 Å². The summed E-state index contributed by atoms with van der Waals surface area (Å²) in [6.07, 6.45) is 9.52. The summed E-state index contributed by atoms with van der Waals surface area (Å²) < 4.78 is 39.8. The van der Waals surface area contributed by atoms with Crippen LogP contribution in [0.4, 0.5) is 24.8 Å². The molecule has 0 unspecified atom stereocenters. The van der Waals surface area contributed by atoms with Crippen LogP contribution in [0.3, 0.4) is 0 Å². The number of benzene rings is 1. The van der Waals surface area contributed by atoms with Gasteiger partial charge < -0.3 is 10.6 Å². The lowest BCUT2D eigenvalue weighted by atomic mass is 10.1. The third kappa shape index (κ3) is 4.30. The molecule has 1 fully saturated rings. The Labute approximate surface area is 149 Å². The van der Waals surface area contributed by atoms with E-state index in [0.29, 0.717) is 12.0 Å². The number of anilines is 2. The van der Waals surface area contributed by atoms with Crippen molar-refractivity contribution in [3.63, 3.8) is 0 Å². The quantitative estimate of drug-likeness (QED) is 0.628. The lowest BCUT2D eigenvalue weighted by Gasteiger charge is -2.15. The molecule has 8 heteroatoms. The van der Waals surface area contributed by atoms with Gasteiger partial charge in [0.25, 0.3) is 5.91 Å². The monoisotopic (exact) mass is 364 g/mol. The van der Waals surface area contributed by atoms with Gasteiger partial charge in [-0.1, -0.05) is 25.7 Å². The minimum absolute atomic E-state index is 0.0838. The smallest absolute Gasteiger partial charge is 0.258 e. The van der Waals surface area contributed by atoms with Gasteiger partial charge in [0.15, 0.2) is 17.5 Å². The minimum Gasteiger partial charge on any atom is -0.351 e. The van der Waals surface area contributed by atoms with Gasteiger partial charge in [0, 0.05) is 18.4 Å². The van der Waals surface area contributed by atoms with E-state index in [-0.39, 0.29) is 5.56 Å². The normalized spacial score (nSPS) is 15.3. The van der Waals surface area contributed by atoms with E-state index in [1.807, 2.05) is 0 Å². The van der Waals surface area contributed by atoms with Crippen molar-refractivity contribution < 1.29 is 18.0 Å². The Bertz CT molecular complexity index is 775. The predicted octanol–water partition coefficient (Wildman–Crippen LogP) is 4.28. The second kappa shape index (κ2) is 8.16. The zero-order valence-electron chi connectivity index (χ0n) is 14.1. The molecule has 0 aliphatic heterocycles. The average Bonchev–Trinajstić information content (AvgIpc) is 2.91. The molecule has 0 atom stereocenters. The fourth-order valence-electron chi connectivity index (χ4n) is 2.94. The summed E-state index contributed by atoms with van der Waals surface area (Å²) in [7, 11) is 0. The molecular formula is C18H19F3N4O. The Morgan fingerprint density at radius 3 is 2.27 bits per heavy atom.